The second kappa shape index (κ2) is 58.1. The number of esters is 3. The van der Waals surface area contributed by atoms with Crippen molar-refractivity contribution in [2.45, 2.75) is 245 Å². The van der Waals surface area contributed by atoms with Crippen molar-refractivity contribution in [2.24, 2.45) is 0 Å². The fourth-order valence-electron chi connectivity index (χ4n) is 7.42. The molecule has 0 aromatic rings. The number of carbonyl (C=O) groups excluding carboxylic acids is 3. The Morgan fingerprint density at radius 2 is 0.563 bits per heavy atom. The first-order valence-corrected chi connectivity index (χ1v) is 28.7. The van der Waals surface area contributed by atoms with E-state index in [0.29, 0.717) is 19.3 Å². The predicted molar refractivity (Wildman–Crippen MR) is 306 cm³/mol. The summed E-state index contributed by atoms with van der Waals surface area (Å²) in [4.78, 5) is 37.9. The predicted octanol–water partition coefficient (Wildman–Crippen LogP) is 19.4. The summed E-state index contributed by atoms with van der Waals surface area (Å²) < 4.78 is 16.7. The first kappa shape index (κ1) is 66.6. The van der Waals surface area contributed by atoms with Crippen LogP contribution >= 0.6 is 0 Å². The van der Waals surface area contributed by atoms with Crippen LogP contribution in [-0.4, -0.2) is 37.2 Å². The maximum Gasteiger partial charge on any atom is 0.306 e. The van der Waals surface area contributed by atoms with E-state index in [9.17, 15) is 14.4 Å². The summed E-state index contributed by atoms with van der Waals surface area (Å²) in [6, 6.07) is 0. The third-order valence-corrected chi connectivity index (χ3v) is 11.7. The molecule has 1 unspecified atom stereocenters. The molecule has 400 valence electrons. The van der Waals surface area contributed by atoms with Crippen LogP contribution in [0.2, 0.25) is 0 Å². The molecule has 0 spiro atoms. The highest BCUT2D eigenvalue weighted by Gasteiger charge is 2.19. The molecule has 0 rings (SSSR count). The molecule has 0 amide bonds. The number of hydrogen-bond acceptors (Lipinski definition) is 6. The van der Waals surface area contributed by atoms with Gasteiger partial charge in [-0.15, -0.1) is 0 Å². The zero-order valence-corrected chi connectivity index (χ0v) is 45.7. The van der Waals surface area contributed by atoms with Crippen molar-refractivity contribution >= 4 is 17.9 Å². The third-order valence-electron chi connectivity index (χ3n) is 11.7. The van der Waals surface area contributed by atoms with Gasteiger partial charge in [-0.3, -0.25) is 14.4 Å². The lowest BCUT2D eigenvalue weighted by atomic mass is 10.1. The molecule has 0 saturated carbocycles. The van der Waals surface area contributed by atoms with Crippen LogP contribution in [0.4, 0.5) is 0 Å². The Labute approximate surface area is 436 Å². The second-order valence-electron chi connectivity index (χ2n) is 18.4. The van der Waals surface area contributed by atoms with E-state index in [-0.39, 0.29) is 37.5 Å². The van der Waals surface area contributed by atoms with Crippen molar-refractivity contribution in [2.75, 3.05) is 13.2 Å². The van der Waals surface area contributed by atoms with Crippen molar-refractivity contribution in [3.63, 3.8) is 0 Å². The fourth-order valence-corrected chi connectivity index (χ4v) is 7.42. The van der Waals surface area contributed by atoms with Crippen LogP contribution in [-0.2, 0) is 28.6 Å². The van der Waals surface area contributed by atoms with Crippen LogP contribution in [0.1, 0.15) is 239 Å². The Morgan fingerprint density at radius 3 is 0.901 bits per heavy atom. The van der Waals surface area contributed by atoms with E-state index < -0.39 is 6.10 Å². The third kappa shape index (κ3) is 56.3. The molecule has 0 radical (unpaired) electrons. The van der Waals surface area contributed by atoms with Gasteiger partial charge in [0, 0.05) is 19.3 Å². The van der Waals surface area contributed by atoms with Gasteiger partial charge in [0.15, 0.2) is 6.10 Å². The van der Waals surface area contributed by atoms with Crippen LogP contribution in [0.5, 0.6) is 0 Å². The van der Waals surface area contributed by atoms with Gasteiger partial charge in [-0.1, -0.05) is 244 Å². The van der Waals surface area contributed by atoms with E-state index in [1.54, 1.807) is 0 Å². The first-order valence-electron chi connectivity index (χ1n) is 28.7. The molecule has 0 aliphatic rings. The van der Waals surface area contributed by atoms with Crippen molar-refractivity contribution in [3.05, 3.63) is 134 Å². The molecule has 0 aromatic heterocycles. The molecule has 0 fully saturated rings. The van der Waals surface area contributed by atoms with Crippen molar-refractivity contribution in [3.8, 4) is 0 Å². The zero-order valence-electron chi connectivity index (χ0n) is 45.7. The average Bonchev–Trinajstić information content (AvgIpc) is 3.37. The molecule has 71 heavy (non-hydrogen) atoms. The van der Waals surface area contributed by atoms with Gasteiger partial charge in [-0.25, -0.2) is 0 Å². The molecule has 0 heterocycles. The van der Waals surface area contributed by atoms with Gasteiger partial charge in [0.25, 0.3) is 0 Å². The Morgan fingerprint density at radius 1 is 0.296 bits per heavy atom. The minimum absolute atomic E-state index is 0.105. The SMILES string of the molecule is CC/C=C\C/C=C\C/C=C\C/C=C\C/C=C\C/C=C\CCCCCCCCCCCCC(=O)OCC(COC(=O)CCCCCCCCC)OC(=O)CCC/C=C\C/C=C\C/C=C\C/C=C\C/C=C\CC. The van der Waals surface area contributed by atoms with Gasteiger partial charge in [0.05, 0.1) is 0 Å². The highest BCUT2D eigenvalue weighted by atomic mass is 16.6. The lowest BCUT2D eigenvalue weighted by Crippen LogP contribution is -2.30. The van der Waals surface area contributed by atoms with Crippen LogP contribution in [0.25, 0.3) is 0 Å². The Kier molecular flexibility index (Phi) is 54.5. The van der Waals surface area contributed by atoms with E-state index in [4.69, 9.17) is 14.2 Å². The van der Waals surface area contributed by atoms with Crippen LogP contribution < -0.4 is 0 Å². The maximum atomic E-state index is 12.8. The Bertz CT molecular complexity index is 1550. The van der Waals surface area contributed by atoms with E-state index in [0.717, 1.165) is 116 Å². The van der Waals surface area contributed by atoms with Gasteiger partial charge < -0.3 is 14.2 Å². The highest BCUT2D eigenvalue weighted by Crippen LogP contribution is 2.14. The molecule has 0 N–H and O–H groups in total. The van der Waals surface area contributed by atoms with Crippen LogP contribution in [0.15, 0.2) is 134 Å². The van der Waals surface area contributed by atoms with Crippen molar-refractivity contribution in [1.82, 2.24) is 0 Å². The lowest BCUT2D eigenvalue weighted by Gasteiger charge is -2.18. The molecule has 0 bridgehead atoms. The molecular weight excluding hydrogens is 877 g/mol. The number of unbranched alkanes of at least 4 members (excludes halogenated alkanes) is 17. The second-order valence-corrected chi connectivity index (χ2v) is 18.4. The molecule has 6 heteroatoms. The van der Waals surface area contributed by atoms with E-state index in [1.807, 2.05) is 0 Å². The van der Waals surface area contributed by atoms with Crippen molar-refractivity contribution in [1.29, 1.82) is 0 Å². The highest BCUT2D eigenvalue weighted by molar-refractivity contribution is 5.71. The number of ether oxygens (including phenoxy) is 3. The largest absolute Gasteiger partial charge is 0.462 e. The average molecular weight is 982 g/mol. The van der Waals surface area contributed by atoms with Crippen LogP contribution in [0, 0.1) is 0 Å². The zero-order chi connectivity index (χ0) is 51.4. The molecule has 0 aliphatic carbocycles. The van der Waals surface area contributed by atoms with Gasteiger partial charge in [-0.05, 0) is 109 Å². The summed E-state index contributed by atoms with van der Waals surface area (Å²) in [7, 11) is 0. The summed E-state index contributed by atoms with van der Waals surface area (Å²) in [5, 5.41) is 0. The number of rotatable bonds is 50. The topological polar surface area (TPSA) is 78.9 Å². The monoisotopic (exact) mass is 981 g/mol. The molecular formula is C65H104O6. The van der Waals surface area contributed by atoms with E-state index in [2.05, 4.69) is 154 Å². The molecule has 0 aromatic carbocycles. The standard InChI is InChI=1S/C65H104O6/c1-4-7-10-13-16-18-20-22-24-26-27-28-29-30-31-32-33-34-35-36-37-39-40-42-44-46-49-52-55-58-64(67)70-61-62(60-69-63(66)57-54-51-48-15-12-9-6-3)71-65(68)59-56-53-50-47-45-43-41-38-25-23-21-19-17-14-11-8-5-2/h7-8,10-11,16-19,22-25,27-28,30-31,33-34,41,43,47,50,62H,4-6,9,12-15,20-21,26,29,32,35-40,42,44-46,48-49,51-61H2,1-3H3/b10-7-,11-8-,18-16-,19-17-,24-22-,25-23-,28-27-,31-30-,34-33-,43-41-,50-47-. The van der Waals surface area contributed by atoms with Gasteiger partial charge in [0.1, 0.15) is 13.2 Å². The summed E-state index contributed by atoms with van der Waals surface area (Å²) >= 11 is 0. The smallest absolute Gasteiger partial charge is 0.306 e. The summed E-state index contributed by atoms with van der Waals surface area (Å²) in [6.45, 7) is 6.30. The maximum absolute atomic E-state index is 12.8. The van der Waals surface area contributed by atoms with E-state index in [1.165, 1.54) is 77.0 Å². The van der Waals surface area contributed by atoms with E-state index >= 15 is 0 Å². The Hall–Kier alpha value is -4.45. The quantitative estimate of drug-likeness (QED) is 0.0262. The molecule has 1 atom stereocenters. The summed E-state index contributed by atoms with van der Waals surface area (Å²) in [6.07, 6.45) is 81.9. The first-order chi connectivity index (χ1) is 35.0. The molecule has 0 saturated heterocycles. The lowest BCUT2D eigenvalue weighted by molar-refractivity contribution is -0.167. The minimum atomic E-state index is -0.810. The van der Waals surface area contributed by atoms with Crippen molar-refractivity contribution < 1.29 is 28.6 Å². The fraction of sp³-hybridized carbons (Fsp3) is 0.615. The summed E-state index contributed by atoms with van der Waals surface area (Å²) in [5.41, 5.74) is 0. The summed E-state index contributed by atoms with van der Waals surface area (Å²) in [5.74, 6) is -0.980. The number of hydrogen-bond donors (Lipinski definition) is 0. The van der Waals surface area contributed by atoms with Crippen LogP contribution in [0.3, 0.4) is 0 Å². The van der Waals surface area contributed by atoms with Gasteiger partial charge >= 0.3 is 17.9 Å². The van der Waals surface area contributed by atoms with Gasteiger partial charge in [-0.2, -0.15) is 0 Å². The number of carbonyl (C=O) groups is 3. The molecule has 6 nitrogen and oxygen atoms in total. The van der Waals surface area contributed by atoms with Gasteiger partial charge in [0.2, 0.25) is 0 Å². The molecule has 0 aliphatic heterocycles. The number of allylic oxidation sites excluding steroid dienone is 22. The Balaban J connectivity index is 4.24. The normalized spacial score (nSPS) is 13.1. The minimum Gasteiger partial charge on any atom is -0.462 e.